The Balaban J connectivity index is 2.06. The first-order valence-corrected chi connectivity index (χ1v) is 8.31. The van der Waals surface area contributed by atoms with Crippen LogP contribution < -0.4 is 0 Å². The standard InChI is InChI=1S/C17H20Cl2N2/c1-12-14(16(19)21(2)20-12)10-17(11-18)9-5-7-13-6-3-4-8-15(13)17/h3-4,6,8H,5,7,9-11H2,1-2H3. The maximum atomic E-state index is 6.46. The monoisotopic (exact) mass is 322 g/mol. The molecular formula is C17H20Cl2N2. The number of halogens is 2. The lowest BCUT2D eigenvalue weighted by molar-refractivity contribution is 0.396. The summed E-state index contributed by atoms with van der Waals surface area (Å²) >= 11 is 12.9. The fraction of sp³-hybridized carbons (Fsp3) is 0.471. The van der Waals surface area contributed by atoms with Crippen molar-refractivity contribution in [2.75, 3.05) is 5.88 Å². The minimum Gasteiger partial charge on any atom is -0.257 e. The fourth-order valence-corrected chi connectivity index (χ4v) is 4.20. The van der Waals surface area contributed by atoms with Gasteiger partial charge in [0.05, 0.1) is 5.69 Å². The number of benzene rings is 1. The molecule has 0 saturated heterocycles. The number of alkyl halides is 1. The highest BCUT2D eigenvalue weighted by molar-refractivity contribution is 6.30. The predicted molar refractivity (Wildman–Crippen MR) is 88.4 cm³/mol. The van der Waals surface area contributed by atoms with Crippen molar-refractivity contribution in [1.82, 2.24) is 9.78 Å². The summed E-state index contributed by atoms with van der Waals surface area (Å²) in [5.41, 5.74) is 4.95. The number of hydrogen-bond acceptors (Lipinski definition) is 1. The first-order valence-electron chi connectivity index (χ1n) is 7.40. The van der Waals surface area contributed by atoms with Crippen molar-refractivity contribution in [1.29, 1.82) is 0 Å². The third-order valence-electron chi connectivity index (χ3n) is 4.73. The zero-order valence-electron chi connectivity index (χ0n) is 12.5. The van der Waals surface area contributed by atoms with Gasteiger partial charge in [-0.05, 0) is 43.7 Å². The van der Waals surface area contributed by atoms with Crippen molar-refractivity contribution in [2.24, 2.45) is 7.05 Å². The van der Waals surface area contributed by atoms with Crippen LogP contribution in [0.15, 0.2) is 24.3 Å². The van der Waals surface area contributed by atoms with E-state index in [0.717, 1.165) is 35.7 Å². The second kappa shape index (κ2) is 5.66. The van der Waals surface area contributed by atoms with Crippen LogP contribution >= 0.6 is 23.2 Å². The molecule has 1 unspecified atom stereocenters. The molecule has 0 amide bonds. The molecule has 1 aromatic heterocycles. The summed E-state index contributed by atoms with van der Waals surface area (Å²) in [6.45, 7) is 2.03. The maximum Gasteiger partial charge on any atom is 0.130 e. The number of fused-ring (bicyclic) bond motifs is 1. The molecule has 2 aromatic rings. The molecule has 0 aliphatic heterocycles. The SMILES string of the molecule is Cc1nn(C)c(Cl)c1CC1(CCl)CCCc2ccccc21. The van der Waals surface area contributed by atoms with E-state index >= 15 is 0 Å². The lowest BCUT2D eigenvalue weighted by atomic mass is 9.68. The molecule has 0 spiro atoms. The Labute approximate surface area is 136 Å². The van der Waals surface area contributed by atoms with Crippen molar-refractivity contribution in [3.63, 3.8) is 0 Å². The van der Waals surface area contributed by atoms with Gasteiger partial charge in [0.1, 0.15) is 5.15 Å². The molecule has 0 saturated carbocycles. The van der Waals surface area contributed by atoms with Crippen molar-refractivity contribution in [3.8, 4) is 0 Å². The zero-order chi connectivity index (χ0) is 15.0. The van der Waals surface area contributed by atoms with Crippen molar-refractivity contribution >= 4 is 23.2 Å². The highest BCUT2D eigenvalue weighted by atomic mass is 35.5. The van der Waals surface area contributed by atoms with E-state index in [4.69, 9.17) is 23.2 Å². The molecule has 1 aliphatic carbocycles. The minimum absolute atomic E-state index is 0.0200. The van der Waals surface area contributed by atoms with E-state index in [0.29, 0.717) is 5.88 Å². The Kier molecular flexibility index (Phi) is 4.02. The number of aryl methyl sites for hydroxylation is 3. The smallest absolute Gasteiger partial charge is 0.130 e. The van der Waals surface area contributed by atoms with Crippen LogP contribution in [0.3, 0.4) is 0 Å². The first kappa shape index (κ1) is 14.9. The van der Waals surface area contributed by atoms with Crippen LogP contribution in [0.2, 0.25) is 5.15 Å². The van der Waals surface area contributed by atoms with Crippen LogP contribution in [0.25, 0.3) is 0 Å². The van der Waals surface area contributed by atoms with Gasteiger partial charge in [0, 0.05) is 23.9 Å². The second-order valence-corrected chi connectivity index (χ2v) is 6.71. The number of rotatable bonds is 3. The van der Waals surface area contributed by atoms with Gasteiger partial charge in [-0.15, -0.1) is 11.6 Å². The van der Waals surface area contributed by atoms with Crippen LogP contribution in [0.1, 0.15) is 35.2 Å². The van der Waals surface area contributed by atoms with Crippen molar-refractivity contribution in [2.45, 2.75) is 38.0 Å². The Hall–Kier alpha value is -0.990. The van der Waals surface area contributed by atoms with Crippen LogP contribution in [0, 0.1) is 6.92 Å². The molecule has 0 fully saturated rings. The minimum atomic E-state index is -0.0200. The van der Waals surface area contributed by atoms with E-state index in [1.165, 1.54) is 17.5 Å². The van der Waals surface area contributed by atoms with E-state index in [9.17, 15) is 0 Å². The third-order valence-corrected chi connectivity index (χ3v) is 5.72. The van der Waals surface area contributed by atoms with E-state index in [2.05, 4.69) is 29.4 Å². The molecule has 0 bridgehead atoms. The molecule has 3 rings (SSSR count). The average molecular weight is 323 g/mol. The Morgan fingerprint density at radius 2 is 2.10 bits per heavy atom. The largest absolute Gasteiger partial charge is 0.257 e. The van der Waals surface area contributed by atoms with Gasteiger partial charge in [0.2, 0.25) is 0 Å². The third kappa shape index (κ3) is 2.49. The van der Waals surface area contributed by atoms with Crippen molar-refractivity contribution in [3.05, 3.63) is 51.8 Å². The van der Waals surface area contributed by atoms with Gasteiger partial charge >= 0.3 is 0 Å². The summed E-state index contributed by atoms with van der Waals surface area (Å²) in [6, 6.07) is 8.69. The summed E-state index contributed by atoms with van der Waals surface area (Å²) in [7, 11) is 1.89. The summed E-state index contributed by atoms with van der Waals surface area (Å²) < 4.78 is 1.75. The Morgan fingerprint density at radius 3 is 2.76 bits per heavy atom. The van der Waals surface area contributed by atoms with Gasteiger partial charge in [-0.1, -0.05) is 35.9 Å². The first-order chi connectivity index (χ1) is 10.1. The van der Waals surface area contributed by atoms with E-state index in [-0.39, 0.29) is 5.41 Å². The van der Waals surface area contributed by atoms with Crippen LogP contribution in [0.5, 0.6) is 0 Å². The normalized spacial score (nSPS) is 21.3. The Morgan fingerprint density at radius 1 is 1.33 bits per heavy atom. The predicted octanol–water partition coefficient (Wildman–Crippen LogP) is 4.44. The highest BCUT2D eigenvalue weighted by Gasteiger charge is 2.37. The molecule has 2 nitrogen and oxygen atoms in total. The molecule has 0 radical (unpaired) electrons. The molecular weight excluding hydrogens is 303 g/mol. The summed E-state index contributed by atoms with van der Waals surface area (Å²) in [4.78, 5) is 0. The number of hydrogen-bond donors (Lipinski definition) is 0. The van der Waals surface area contributed by atoms with Crippen LogP contribution in [0.4, 0.5) is 0 Å². The molecule has 0 N–H and O–H groups in total. The summed E-state index contributed by atoms with van der Waals surface area (Å²) in [5.74, 6) is 0.620. The molecule has 1 aliphatic rings. The van der Waals surface area contributed by atoms with Crippen LogP contribution in [-0.2, 0) is 25.3 Å². The lowest BCUT2D eigenvalue weighted by Crippen LogP contribution is -2.35. The zero-order valence-corrected chi connectivity index (χ0v) is 14.0. The molecule has 21 heavy (non-hydrogen) atoms. The molecule has 1 atom stereocenters. The fourth-order valence-electron chi connectivity index (χ4n) is 3.59. The van der Waals surface area contributed by atoms with E-state index in [1.54, 1.807) is 4.68 Å². The summed E-state index contributed by atoms with van der Waals surface area (Å²) in [5, 5.41) is 5.18. The van der Waals surface area contributed by atoms with E-state index < -0.39 is 0 Å². The van der Waals surface area contributed by atoms with Gasteiger partial charge in [0.15, 0.2) is 0 Å². The van der Waals surface area contributed by atoms with Gasteiger partial charge < -0.3 is 0 Å². The summed E-state index contributed by atoms with van der Waals surface area (Å²) in [6.07, 6.45) is 4.30. The van der Waals surface area contributed by atoms with Gasteiger partial charge in [-0.3, -0.25) is 4.68 Å². The van der Waals surface area contributed by atoms with Gasteiger partial charge in [0.25, 0.3) is 0 Å². The molecule has 1 heterocycles. The van der Waals surface area contributed by atoms with Gasteiger partial charge in [-0.2, -0.15) is 5.10 Å². The quantitative estimate of drug-likeness (QED) is 0.764. The maximum absolute atomic E-state index is 6.46. The van der Waals surface area contributed by atoms with Crippen LogP contribution in [-0.4, -0.2) is 15.7 Å². The number of nitrogens with zero attached hydrogens (tertiary/aromatic N) is 2. The molecule has 4 heteroatoms. The lowest BCUT2D eigenvalue weighted by Gasteiger charge is -2.38. The Bertz CT molecular complexity index is 663. The molecule has 112 valence electrons. The van der Waals surface area contributed by atoms with Crippen molar-refractivity contribution < 1.29 is 0 Å². The van der Waals surface area contributed by atoms with E-state index in [1.807, 2.05) is 14.0 Å². The average Bonchev–Trinajstić information content (AvgIpc) is 2.74. The number of aromatic nitrogens is 2. The van der Waals surface area contributed by atoms with Gasteiger partial charge in [-0.25, -0.2) is 0 Å². The highest BCUT2D eigenvalue weighted by Crippen LogP contribution is 2.42. The topological polar surface area (TPSA) is 17.8 Å². The second-order valence-electron chi connectivity index (χ2n) is 6.08. The molecule has 1 aromatic carbocycles.